The molecule has 2 aromatic carbocycles. The summed E-state index contributed by atoms with van der Waals surface area (Å²) in [5.41, 5.74) is 5.56. The van der Waals surface area contributed by atoms with Crippen molar-refractivity contribution >= 4 is 6.29 Å². The summed E-state index contributed by atoms with van der Waals surface area (Å²) in [5, 5.41) is 4.58. The van der Waals surface area contributed by atoms with Crippen molar-refractivity contribution in [2.75, 3.05) is 0 Å². The quantitative estimate of drug-likeness (QED) is 0.678. The van der Waals surface area contributed by atoms with Crippen LogP contribution in [0.1, 0.15) is 21.5 Å². The maximum Gasteiger partial charge on any atom is 0.153 e. The molecule has 0 N–H and O–H groups in total. The van der Waals surface area contributed by atoms with Gasteiger partial charge in [0.2, 0.25) is 0 Å². The summed E-state index contributed by atoms with van der Waals surface area (Å²) in [4.78, 5) is 11.3. The molecule has 0 unspecified atom stereocenters. The number of nitrogens with zero attached hydrogens (tertiary/aromatic N) is 2. The SMILES string of the molecule is Cc1ccc(-c2nn(-c3cccc(C)c3)cc2C=O)cc1. The van der Waals surface area contributed by atoms with Gasteiger partial charge < -0.3 is 0 Å². The van der Waals surface area contributed by atoms with Crippen molar-refractivity contribution in [2.24, 2.45) is 0 Å². The Balaban J connectivity index is 2.10. The molecule has 0 fully saturated rings. The van der Waals surface area contributed by atoms with Crippen LogP contribution in [0.15, 0.2) is 54.7 Å². The van der Waals surface area contributed by atoms with Gasteiger partial charge in [-0.15, -0.1) is 0 Å². The average molecular weight is 276 g/mol. The summed E-state index contributed by atoms with van der Waals surface area (Å²) in [6.07, 6.45) is 2.63. The number of aromatic nitrogens is 2. The molecule has 0 radical (unpaired) electrons. The van der Waals surface area contributed by atoms with Gasteiger partial charge in [0.05, 0.1) is 11.3 Å². The van der Waals surface area contributed by atoms with E-state index in [-0.39, 0.29) is 0 Å². The lowest BCUT2D eigenvalue weighted by atomic mass is 10.1. The minimum Gasteiger partial charge on any atom is -0.298 e. The fraction of sp³-hybridized carbons (Fsp3) is 0.111. The van der Waals surface area contributed by atoms with Crippen molar-refractivity contribution in [3.05, 3.63) is 71.4 Å². The molecule has 3 heteroatoms. The molecule has 3 aromatic rings. The first kappa shape index (κ1) is 13.3. The second kappa shape index (κ2) is 5.37. The van der Waals surface area contributed by atoms with Crippen LogP contribution in [-0.4, -0.2) is 16.1 Å². The number of rotatable bonds is 3. The number of benzene rings is 2. The first-order chi connectivity index (χ1) is 10.2. The summed E-state index contributed by atoms with van der Waals surface area (Å²) >= 11 is 0. The van der Waals surface area contributed by atoms with E-state index in [1.807, 2.05) is 62.4 Å². The molecule has 0 amide bonds. The van der Waals surface area contributed by atoms with Gasteiger partial charge in [0.25, 0.3) is 0 Å². The molecular formula is C18H16N2O. The third-order valence-electron chi connectivity index (χ3n) is 3.46. The normalized spacial score (nSPS) is 10.6. The van der Waals surface area contributed by atoms with Crippen LogP contribution in [0.2, 0.25) is 0 Å². The lowest BCUT2D eigenvalue weighted by molar-refractivity contribution is 0.112. The van der Waals surface area contributed by atoms with E-state index in [9.17, 15) is 4.79 Å². The van der Waals surface area contributed by atoms with Gasteiger partial charge in [0.1, 0.15) is 5.69 Å². The zero-order valence-corrected chi connectivity index (χ0v) is 12.1. The Bertz CT molecular complexity index is 785. The fourth-order valence-electron chi connectivity index (χ4n) is 2.31. The molecular weight excluding hydrogens is 260 g/mol. The molecule has 0 bridgehead atoms. The minimum atomic E-state index is 0.598. The van der Waals surface area contributed by atoms with E-state index in [0.717, 1.165) is 23.1 Å². The van der Waals surface area contributed by atoms with Crippen LogP contribution in [0.4, 0.5) is 0 Å². The maximum atomic E-state index is 11.3. The van der Waals surface area contributed by atoms with E-state index >= 15 is 0 Å². The molecule has 0 spiro atoms. The molecule has 0 saturated carbocycles. The van der Waals surface area contributed by atoms with E-state index in [2.05, 4.69) is 5.10 Å². The van der Waals surface area contributed by atoms with Gasteiger partial charge in [-0.1, -0.05) is 42.0 Å². The second-order valence-corrected chi connectivity index (χ2v) is 5.20. The number of aryl methyl sites for hydroxylation is 2. The highest BCUT2D eigenvalue weighted by Crippen LogP contribution is 2.23. The average Bonchev–Trinajstić information content (AvgIpc) is 2.92. The summed E-state index contributed by atoms with van der Waals surface area (Å²) in [5.74, 6) is 0. The monoisotopic (exact) mass is 276 g/mol. The lowest BCUT2D eigenvalue weighted by Gasteiger charge is -2.02. The highest BCUT2D eigenvalue weighted by molar-refractivity contribution is 5.85. The Hall–Kier alpha value is -2.68. The van der Waals surface area contributed by atoms with E-state index in [4.69, 9.17) is 0 Å². The van der Waals surface area contributed by atoms with Crippen molar-refractivity contribution in [3.8, 4) is 16.9 Å². The number of aldehydes is 1. The number of carbonyl (C=O) groups is 1. The molecule has 1 aromatic heterocycles. The zero-order chi connectivity index (χ0) is 14.8. The van der Waals surface area contributed by atoms with Crippen LogP contribution in [0.5, 0.6) is 0 Å². The van der Waals surface area contributed by atoms with Crippen LogP contribution in [0.3, 0.4) is 0 Å². The first-order valence-corrected chi connectivity index (χ1v) is 6.86. The van der Waals surface area contributed by atoms with Gasteiger partial charge in [-0.3, -0.25) is 4.79 Å². The Morgan fingerprint density at radius 3 is 2.43 bits per heavy atom. The lowest BCUT2D eigenvalue weighted by Crippen LogP contribution is -1.95. The van der Waals surface area contributed by atoms with Crippen LogP contribution in [-0.2, 0) is 0 Å². The Morgan fingerprint density at radius 1 is 1.00 bits per heavy atom. The van der Waals surface area contributed by atoms with Gasteiger partial charge in [-0.25, -0.2) is 4.68 Å². The third kappa shape index (κ3) is 2.63. The molecule has 3 rings (SSSR count). The van der Waals surface area contributed by atoms with Crippen LogP contribution in [0, 0.1) is 13.8 Å². The molecule has 0 aliphatic carbocycles. The minimum absolute atomic E-state index is 0.598. The topological polar surface area (TPSA) is 34.9 Å². The van der Waals surface area contributed by atoms with Crippen molar-refractivity contribution in [3.63, 3.8) is 0 Å². The molecule has 3 nitrogen and oxygen atoms in total. The molecule has 1 heterocycles. The van der Waals surface area contributed by atoms with Gasteiger partial charge in [-0.2, -0.15) is 5.10 Å². The van der Waals surface area contributed by atoms with Crippen LogP contribution >= 0.6 is 0 Å². The van der Waals surface area contributed by atoms with E-state index < -0.39 is 0 Å². The molecule has 0 aliphatic rings. The number of hydrogen-bond donors (Lipinski definition) is 0. The molecule has 0 atom stereocenters. The standard InChI is InChI=1S/C18H16N2O/c1-13-6-8-15(9-7-13)18-16(12-21)11-20(19-18)17-5-3-4-14(2)10-17/h3-12H,1-2H3. The summed E-state index contributed by atoms with van der Waals surface area (Å²) < 4.78 is 1.76. The summed E-state index contributed by atoms with van der Waals surface area (Å²) in [7, 11) is 0. The van der Waals surface area contributed by atoms with Gasteiger partial charge in [-0.05, 0) is 31.5 Å². The summed E-state index contributed by atoms with van der Waals surface area (Å²) in [6, 6.07) is 16.1. The number of hydrogen-bond acceptors (Lipinski definition) is 2. The largest absolute Gasteiger partial charge is 0.298 e. The van der Waals surface area contributed by atoms with E-state index in [1.165, 1.54) is 5.56 Å². The fourth-order valence-corrected chi connectivity index (χ4v) is 2.31. The third-order valence-corrected chi connectivity index (χ3v) is 3.46. The van der Waals surface area contributed by atoms with Crippen molar-refractivity contribution in [1.29, 1.82) is 0 Å². The smallest absolute Gasteiger partial charge is 0.153 e. The first-order valence-electron chi connectivity index (χ1n) is 6.86. The predicted octanol–water partition coefficient (Wildman–Crippen LogP) is 3.97. The van der Waals surface area contributed by atoms with E-state index in [1.54, 1.807) is 10.9 Å². The Labute approximate surface area is 123 Å². The molecule has 21 heavy (non-hydrogen) atoms. The van der Waals surface area contributed by atoms with Crippen molar-refractivity contribution < 1.29 is 4.79 Å². The maximum absolute atomic E-state index is 11.3. The van der Waals surface area contributed by atoms with Gasteiger partial charge in [0, 0.05) is 11.8 Å². The molecule has 0 aliphatic heterocycles. The van der Waals surface area contributed by atoms with Gasteiger partial charge in [0.15, 0.2) is 6.29 Å². The van der Waals surface area contributed by atoms with Crippen molar-refractivity contribution in [1.82, 2.24) is 9.78 Å². The van der Waals surface area contributed by atoms with Crippen LogP contribution in [0.25, 0.3) is 16.9 Å². The highest BCUT2D eigenvalue weighted by atomic mass is 16.1. The highest BCUT2D eigenvalue weighted by Gasteiger charge is 2.11. The summed E-state index contributed by atoms with van der Waals surface area (Å²) in [6.45, 7) is 4.07. The van der Waals surface area contributed by atoms with Gasteiger partial charge >= 0.3 is 0 Å². The molecule has 0 saturated heterocycles. The second-order valence-electron chi connectivity index (χ2n) is 5.20. The van der Waals surface area contributed by atoms with Crippen LogP contribution < -0.4 is 0 Å². The van der Waals surface area contributed by atoms with E-state index in [0.29, 0.717) is 11.3 Å². The zero-order valence-electron chi connectivity index (χ0n) is 12.1. The number of carbonyl (C=O) groups excluding carboxylic acids is 1. The Kier molecular flexibility index (Phi) is 3.40. The Morgan fingerprint density at radius 2 is 1.76 bits per heavy atom. The predicted molar refractivity (Wildman–Crippen MR) is 83.9 cm³/mol. The molecule has 104 valence electrons. The van der Waals surface area contributed by atoms with Crippen molar-refractivity contribution in [2.45, 2.75) is 13.8 Å².